The Balaban J connectivity index is 1.94. The normalized spacial score (nSPS) is 10.9. The Morgan fingerprint density at radius 2 is 1.79 bits per heavy atom. The number of hydrogen-bond donors (Lipinski definition) is 0. The van der Waals surface area contributed by atoms with Gasteiger partial charge in [0.1, 0.15) is 0 Å². The molecule has 0 aliphatic heterocycles. The molecule has 2 aromatic heterocycles. The molecule has 0 amide bonds. The van der Waals surface area contributed by atoms with Crippen LogP contribution in [0.5, 0.6) is 0 Å². The summed E-state index contributed by atoms with van der Waals surface area (Å²) in [6.07, 6.45) is 3.26. The summed E-state index contributed by atoms with van der Waals surface area (Å²) >= 11 is 0. The highest BCUT2D eigenvalue weighted by atomic mass is 16.2. The molecule has 2 heterocycles. The predicted molar refractivity (Wildman–Crippen MR) is 93.9 cm³/mol. The second-order valence-electron chi connectivity index (χ2n) is 5.69. The standard InChI is InChI=1S/C20H15N3O/c1-14-7-9-15(10-8-14)19-13-17(20(24)23-12-4-11-21-23)16-5-2-3-6-18(16)22-19/h2-13H,1H3. The molecule has 0 spiro atoms. The quantitative estimate of drug-likeness (QED) is 0.560. The summed E-state index contributed by atoms with van der Waals surface area (Å²) in [5.74, 6) is -0.160. The zero-order valence-electron chi connectivity index (χ0n) is 13.2. The van der Waals surface area contributed by atoms with E-state index in [2.05, 4.69) is 5.10 Å². The fourth-order valence-corrected chi connectivity index (χ4v) is 2.74. The van der Waals surface area contributed by atoms with E-state index in [0.717, 1.165) is 22.2 Å². The van der Waals surface area contributed by atoms with Crippen molar-refractivity contribution in [1.82, 2.24) is 14.8 Å². The average Bonchev–Trinajstić information content (AvgIpc) is 3.15. The Labute approximate surface area is 139 Å². The molecule has 0 saturated carbocycles. The summed E-state index contributed by atoms with van der Waals surface area (Å²) in [6, 6.07) is 19.4. The lowest BCUT2D eigenvalue weighted by Crippen LogP contribution is -2.13. The second-order valence-corrected chi connectivity index (χ2v) is 5.69. The minimum Gasteiger partial charge on any atom is -0.267 e. The van der Waals surface area contributed by atoms with Crippen molar-refractivity contribution >= 4 is 16.8 Å². The number of hydrogen-bond acceptors (Lipinski definition) is 3. The zero-order chi connectivity index (χ0) is 16.5. The highest BCUT2D eigenvalue weighted by Crippen LogP contribution is 2.25. The highest BCUT2D eigenvalue weighted by Gasteiger charge is 2.15. The molecular formula is C20H15N3O. The van der Waals surface area contributed by atoms with Crippen molar-refractivity contribution in [3.8, 4) is 11.3 Å². The molecule has 4 rings (SSSR count). The van der Waals surface area contributed by atoms with Gasteiger partial charge in [-0.3, -0.25) is 4.79 Å². The van der Waals surface area contributed by atoms with Gasteiger partial charge < -0.3 is 0 Å². The van der Waals surface area contributed by atoms with E-state index in [0.29, 0.717) is 5.56 Å². The van der Waals surface area contributed by atoms with Gasteiger partial charge in [0.25, 0.3) is 5.91 Å². The van der Waals surface area contributed by atoms with Crippen LogP contribution in [0.4, 0.5) is 0 Å². The molecule has 2 aromatic carbocycles. The molecule has 0 saturated heterocycles. The summed E-state index contributed by atoms with van der Waals surface area (Å²) in [5.41, 5.74) is 4.35. The lowest BCUT2D eigenvalue weighted by molar-refractivity contribution is 0.0946. The van der Waals surface area contributed by atoms with Gasteiger partial charge in [0.05, 0.1) is 16.8 Å². The Morgan fingerprint density at radius 3 is 2.54 bits per heavy atom. The molecule has 116 valence electrons. The smallest absolute Gasteiger partial charge is 0.267 e. The Hall–Kier alpha value is -3.27. The molecule has 24 heavy (non-hydrogen) atoms. The molecule has 0 unspecified atom stereocenters. The summed E-state index contributed by atoms with van der Waals surface area (Å²) in [7, 11) is 0. The zero-order valence-corrected chi connectivity index (χ0v) is 13.2. The van der Waals surface area contributed by atoms with Gasteiger partial charge in [0.15, 0.2) is 0 Å². The first-order valence-electron chi connectivity index (χ1n) is 7.73. The van der Waals surface area contributed by atoms with Crippen LogP contribution in [0.25, 0.3) is 22.2 Å². The maximum absolute atomic E-state index is 12.8. The average molecular weight is 313 g/mol. The maximum Gasteiger partial charge on any atom is 0.278 e. The number of rotatable bonds is 2. The first-order valence-corrected chi connectivity index (χ1v) is 7.73. The molecule has 0 bridgehead atoms. The van der Waals surface area contributed by atoms with Gasteiger partial charge in [-0.2, -0.15) is 5.10 Å². The highest BCUT2D eigenvalue weighted by molar-refractivity contribution is 6.07. The SMILES string of the molecule is Cc1ccc(-c2cc(C(=O)n3cccn3)c3ccccc3n2)cc1. The van der Waals surface area contributed by atoms with Gasteiger partial charge in [-0.15, -0.1) is 0 Å². The van der Waals surface area contributed by atoms with Gasteiger partial charge >= 0.3 is 0 Å². The third-order valence-electron chi connectivity index (χ3n) is 4.01. The van der Waals surface area contributed by atoms with E-state index in [1.807, 2.05) is 61.5 Å². The number of para-hydroxylation sites is 1. The number of benzene rings is 2. The number of carbonyl (C=O) groups excluding carboxylic acids is 1. The molecule has 0 N–H and O–H groups in total. The van der Waals surface area contributed by atoms with E-state index in [1.54, 1.807) is 18.5 Å². The molecule has 0 radical (unpaired) electrons. The number of carbonyl (C=O) groups is 1. The van der Waals surface area contributed by atoms with E-state index in [1.165, 1.54) is 10.2 Å². The number of aryl methyl sites for hydroxylation is 1. The van der Waals surface area contributed by atoms with Crippen LogP contribution in [-0.4, -0.2) is 20.7 Å². The van der Waals surface area contributed by atoms with E-state index < -0.39 is 0 Å². The van der Waals surface area contributed by atoms with Gasteiger partial charge in [0, 0.05) is 23.3 Å². The predicted octanol–water partition coefficient (Wildman–Crippen LogP) is 4.10. The second kappa shape index (κ2) is 5.74. The Morgan fingerprint density at radius 1 is 1.00 bits per heavy atom. The van der Waals surface area contributed by atoms with Gasteiger partial charge in [-0.05, 0) is 25.1 Å². The number of aromatic nitrogens is 3. The van der Waals surface area contributed by atoms with Crippen LogP contribution < -0.4 is 0 Å². The number of nitrogens with zero attached hydrogens (tertiary/aromatic N) is 3. The molecular weight excluding hydrogens is 298 g/mol. The van der Waals surface area contributed by atoms with Crippen molar-refractivity contribution < 1.29 is 4.79 Å². The number of fused-ring (bicyclic) bond motifs is 1. The van der Waals surface area contributed by atoms with Gasteiger partial charge in [-0.25, -0.2) is 9.67 Å². The van der Waals surface area contributed by atoms with Crippen molar-refractivity contribution in [2.24, 2.45) is 0 Å². The van der Waals surface area contributed by atoms with E-state index in [9.17, 15) is 4.79 Å². The largest absolute Gasteiger partial charge is 0.278 e. The van der Waals surface area contributed by atoms with Crippen molar-refractivity contribution in [3.63, 3.8) is 0 Å². The minimum atomic E-state index is -0.160. The van der Waals surface area contributed by atoms with Crippen LogP contribution in [-0.2, 0) is 0 Å². The summed E-state index contributed by atoms with van der Waals surface area (Å²) in [4.78, 5) is 17.5. The van der Waals surface area contributed by atoms with Crippen molar-refractivity contribution in [1.29, 1.82) is 0 Å². The van der Waals surface area contributed by atoms with Crippen LogP contribution >= 0.6 is 0 Å². The fourth-order valence-electron chi connectivity index (χ4n) is 2.74. The molecule has 0 aliphatic rings. The molecule has 4 heteroatoms. The van der Waals surface area contributed by atoms with Crippen LogP contribution in [0.2, 0.25) is 0 Å². The van der Waals surface area contributed by atoms with Crippen molar-refractivity contribution in [2.75, 3.05) is 0 Å². The molecule has 0 atom stereocenters. The van der Waals surface area contributed by atoms with Crippen molar-refractivity contribution in [3.05, 3.63) is 84.2 Å². The maximum atomic E-state index is 12.8. The van der Waals surface area contributed by atoms with Crippen LogP contribution in [0.1, 0.15) is 15.9 Å². The third-order valence-corrected chi connectivity index (χ3v) is 4.01. The topological polar surface area (TPSA) is 47.8 Å². The Kier molecular flexibility index (Phi) is 3.43. The molecule has 0 fully saturated rings. The van der Waals surface area contributed by atoms with Gasteiger partial charge in [-0.1, -0.05) is 48.0 Å². The van der Waals surface area contributed by atoms with E-state index in [-0.39, 0.29) is 5.91 Å². The minimum absolute atomic E-state index is 0.160. The van der Waals surface area contributed by atoms with E-state index >= 15 is 0 Å². The summed E-state index contributed by atoms with van der Waals surface area (Å²) in [5, 5.41) is 4.89. The first kappa shape index (κ1) is 14.3. The fraction of sp³-hybridized carbons (Fsp3) is 0.0500. The first-order chi connectivity index (χ1) is 11.7. The third kappa shape index (κ3) is 2.48. The summed E-state index contributed by atoms with van der Waals surface area (Å²) < 4.78 is 1.35. The van der Waals surface area contributed by atoms with Crippen molar-refractivity contribution in [2.45, 2.75) is 6.92 Å². The van der Waals surface area contributed by atoms with Gasteiger partial charge in [0.2, 0.25) is 0 Å². The Bertz CT molecular complexity index is 1020. The molecule has 4 nitrogen and oxygen atoms in total. The molecule has 4 aromatic rings. The summed E-state index contributed by atoms with van der Waals surface area (Å²) in [6.45, 7) is 2.05. The lowest BCUT2D eigenvalue weighted by atomic mass is 10.0. The monoisotopic (exact) mass is 313 g/mol. The number of pyridine rings is 1. The molecule has 0 aliphatic carbocycles. The van der Waals surface area contributed by atoms with Crippen LogP contribution in [0, 0.1) is 6.92 Å². The van der Waals surface area contributed by atoms with E-state index in [4.69, 9.17) is 4.98 Å². The van der Waals surface area contributed by atoms with Crippen LogP contribution in [0.15, 0.2) is 73.1 Å². The van der Waals surface area contributed by atoms with Crippen LogP contribution in [0.3, 0.4) is 0 Å². The lowest BCUT2D eigenvalue weighted by Gasteiger charge is -2.09.